The molecule has 0 bridgehead atoms. The summed E-state index contributed by atoms with van der Waals surface area (Å²) in [6.45, 7) is 0.698. The molecule has 110 valence electrons. The maximum Gasteiger partial charge on any atom is 0.335 e. The molecule has 1 aliphatic rings. The summed E-state index contributed by atoms with van der Waals surface area (Å²) in [6, 6.07) is 6.59. The maximum atomic E-state index is 10.7. The van der Waals surface area contributed by atoms with Crippen LogP contribution in [0.5, 0.6) is 5.75 Å². The highest BCUT2D eigenvalue weighted by atomic mass is 32.2. The molecule has 2 rings (SSSR count). The zero-order valence-corrected chi connectivity index (χ0v) is 12.5. The Morgan fingerprint density at radius 3 is 2.60 bits per heavy atom. The molecule has 0 amide bonds. The number of carboxylic acids is 1. The molecule has 0 radical (unpaired) electrons. The van der Waals surface area contributed by atoms with Crippen LogP contribution >= 0.6 is 11.8 Å². The number of hydrogen-bond donors (Lipinski definition) is 1. The fraction of sp³-hybridized carbons (Fsp3) is 0.562. The van der Waals surface area contributed by atoms with Gasteiger partial charge in [0.2, 0.25) is 0 Å². The first-order valence-electron chi connectivity index (χ1n) is 7.29. The van der Waals surface area contributed by atoms with Gasteiger partial charge in [-0.05, 0) is 61.0 Å². The fourth-order valence-electron chi connectivity index (χ4n) is 2.47. The molecule has 1 aromatic carbocycles. The van der Waals surface area contributed by atoms with E-state index in [2.05, 4.69) is 0 Å². The summed E-state index contributed by atoms with van der Waals surface area (Å²) in [5, 5.41) is 8.80. The number of benzene rings is 1. The Morgan fingerprint density at radius 1 is 1.25 bits per heavy atom. The topological polar surface area (TPSA) is 46.5 Å². The molecule has 4 heteroatoms. The van der Waals surface area contributed by atoms with Gasteiger partial charge in [0.25, 0.3) is 0 Å². The second kappa shape index (κ2) is 8.20. The van der Waals surface area contributed by atoms with E-state index in [1.807, 2.05) is 11.8 Å². The zero-order valence-electron chi connectivity index (χ0n) is 11.7. The molecule has 1 N–H and O–H groups in total. The second-order valence-electron chi connectivity index (χ2n) is 5.26. The smallest absolute Gasteiger partial charge is 0.335 e. The van der Waals surface area contributed by atoms with Crippen LogP contribution in [0.25, 0.3) is 0 Å². The average Bonchev–Trinajstić information content (AvgIpc) is 2.96. The maximum absolute atomic E-state index is 10.7. The van der Waals surface area contributed by atoms with Crippen molar-refractivity contribution in [1.82, 2.24) is 0 Å². The number of thioether (sulfide) groups is 1. The number of carbonyl (C=O) groups is 1. The third-order valence-electron chi connectivity index (χ3n) is 3.63. The first-order chi connectivity index (χ1) is 9.75. The molecular formula is C16H22O3S. The largest absolute Gasteiger partial charge is 0.494 e. The summed E-state index contributed by atoms with van der Waals surface area (Å²) in [6.07, 6.45) is 6.71. The molecule has 0 heterocycles. The van der Waals surface area contributed by atoms with E-state index < -0.39 is 5.97 Å². The highest BCUT2D eigenvalue weighted by molar-refractivity contribution is 7.99. The molecule has 1 saturated carbocycles. The SMILES string of the molecule is O=C(O)c1ccc(OCCCSCC2CCCC2)cc1. The molecule has 1 aliphatic carbocycles. The lowest BCUT2D eigenvalue weighted by Crippen LogP contribution is -2.02. The molecule has 3 nitrogen and oxygen atoms in total. The summed E-state index contributed by atoms with van der Waals surface area (Å²) >= 11 is 2.03. The number of aromatic carboxylic acids is 1. The Hall–Kier alpha value is -1.16. The van der Waals surface area contributed by atoms with E-state index in [1.165, 1.54) is 31.4 Å². The van der Waals surface area contributed by atoms with Crippen LogP contribution in [-0.2, 0) is 0 Å². The quantitative estimate of drug-likeness (QED) is 0.734. The second-order valence-corrected chi connectivity index (χ2v) is 6.41. The monoisotopic (exact) mass is 294 g/mol. The Bertz CT molecular complexity index is 410. The predicted molar refractivity (Wildman–Crippen MR) is 82.8 cm³/mol. The first kappa shape index (κ1) is 15.2. The highest BCUT2D eigenvalue weighted by Crippen LogP contribution is 2.27. The average molecular weight is 294 g/mol. The van der Waals surface area contributed by atoms with Crippen LogP contribution in [0, 0.1) is 5.92 Å². The van der Waals surface area contributed by atoms with Crippen LogP contribution in [0.3, 0.4) is 0 Å². The lowest BCUT2D eigenvalue weighted by Gasteiger charge is -2.09. The predicted octanol–water partition coefficient (Wildman–Crippen LogP) is 4.08. The molecule has 0 spiro atoms. The molecule has 0 atom stereocenters. The highest BCUT2D eigenvalue weighted by Gasteiger charge is 2.14. The number of ether oxygens (including phenoxy) is 1. The van der Waals surface area contributed by atoms with Gasteiger partial charge in [-0.15, -0.1) is 0 Å². The van der Waals surface area contributed by atoms with Crippen molar-refractivity contribution in [3.05, 3.63) is 29.8 Å². The molecular weight excluding hydrogens is 272 g/mol. The standard InChI is InChI=1S/C16H22O3S/c17-16(18)14-6-8-15(9-7-14)19-10-3-11-20-12-13-4-1-2-5-13/h6-9,13H,1-5,10-12H2,(H,17,18). The van der Waals surface area contributed by atoms with Gasteiger partial charge < -0.3 is 9.84 Å². The van der Waals surface area contributed by atoms with Gasteiger partial charge in [0, 0.05) is 0 Å². The number of carboxylic acid groups (broad SMARTS) is 1. The van der Waals surface area contributed by atoms with Crippen LogP contribution in [0.1, 0.15) is 42.5 Å². The van der Waals surface area contributed by atoms with E-state index in [9.17, 15) is 4.79 Å². The molecule has 0 unspecified atom stereocenters. The van der Waals surface area contributed by atoms with E-state index in [0.29, 0.717) is 12.2 Å². The minimum Gasteiger partial charge on any atom is -0.494 e. The van der Waals surface area contributed by atoms with Crippen LogP contribution in [0.15, 0.2) is 24.3 Å². The van der Waals surface area contributed by atoms with Crippen LogP contribution in [0.2, 0.25) is 0 Å². The van der Waals surface area contributed by atoms with Gasteiger partial charge in [-0.25, -0.2) is 4.79 Å². The van der Waals surface area contributed by atoms with Gasteiger partial charge in [0.15, 0.2) is 0 Å². The Kier molecular flexibility index (Phi) is 6.25. The van der Waals surface area contributed by atoms with Crippen LogP contribution in [0.4, 0.5) is 0 Å². The molecule has 1 aromatic rings. The van der Waals surface area contributed by atoms with E-state index in [0.717, 1.165) is 23.8 Å². The third kappa shape index (κ3) is 5.08. The summed E-state index contributed by atoms with van der Waals surface area (Å²) in [5.74, 6) is 3.23. The minimum absolute atomic E-state index is 0.296. The molecule has 0 aromatic heterocycles. The number of rotatable bonds is 8. The van der Waals surface area contributed by atoms with Crippen molar-refractivity contribution >= 4 is 17.7 Å². The van der Waals surface area contributed by atoms with Gasteiger partial charge in [-0.3, -0.25) is 0 Å². The summed E-state index contributed by atoms with van der Waals surface area (Å²) < 4.78 is 5.61. The number of hydrogen-bond acceptors (Lipinski definition) is 3. The molecule has 0 saturated heterocycles. The Morgan fingerprint density at radius 2 is 1.95 bits per heavy atom. The fourth-order valence-corrected chi connectivity index (χ4v) is 3.63. The van der Waals surface area contributed by atoms with Crippen molar-refractivity contribution in [2.75, 3.05) is 18.1 Å². The van der Waals surface area contributed by atoms with Crippen molar-refractivity contribution in [2.24, 2.45) is 5.92 Å². The summed E-state index contributed by atoms with van der Waals surface area (Å²) in [4.78, 5) is 10.7. The molecule has 20 heavy (non-hydrogen) atoms. The third-order valence-corrected chi connectivity index (χ3v) is 4.92. The summed E-state index contributed by atoms with van der Waals surface area (Å²) in [7, 11) is 0. The normalized spacial score (nSPS) is 15.4. The van der Waals surface area contributed by atoms with Gasteiger partial charge in [0.05, 0.1) is 12.2 Å². The Labute approximate surface area is 124 Å². The van der Waals surface area contributed by atoms with Gasteiger partial charge in [0.1, 0.15) is 5.75 Å². The van der Waals surface area contributed by atoms with Crippen molar-refractivity contribution in [2.45, 2.75) is 32.1 Å². The molecule has 0 aliphatic heterocycles. The van der Waals surface area contributed by atoms with Crippen LogP contribution in [-0.4, -0.2) is 29.2 Å². The van der Waals surface area contributed by atoms with Crippen LogP contribution < -0.4 is 4.74 Å². The summed E-state index contributed by atoms with van der Waals surface area (Å²) in [5.41, 5.74) is 0.296. The van der Waals surface area contributed by atoms with Gasteiger partial charge >= 0.3 is 5.97 Å². The van der Waals surface area contributed by atoms with Crippen molar-refractivity contribution < 1.29 is 14.6 Å². The lowest BCUT2D eigenvalue weighted by atomic mass is 10.1. The van der Waals surface area contributed by atoms with E-state index in [-0.39, 0.29) is 0 Å². The van der Waals surface area contributed by atoms with Gasteiger partial charge in [-0.2, -0.15) is 11.8 Å². The van der Waals surface area contributed by atoms with Gasteiger partial charge in [-0.1, -0.05) is 12.8 Å². The van der Waals surface area contributed by atoms with Crippen molar-refractivity contribution in [3.63, 3.8) is 0 Å². The minimum atomic E-state index is -0.903. The van der Waals surface area contributed by atoms with Crippen molar-refractivity contribution in [1.29, 1.82) is 0 Å². The van der Waals surface area contributed by atoms with E-state index in [1.54, 1.807) is 24.3 Å². The van der Waals surface area contributed by atoms with E-state index in [4.69, 9.17) is 9.84 Å². The Balaban J connectivity index is 1.55. The van der Waals surface area contributed by atoms with E-state index >= 15 is 0 Å². The first-order valence-corrected chi connectivity index (χ1v) is 8.45. The zero-order chi connectivity index (χ0) is 14.2. The molecule has 1 fully saturated rings. The van der Waals surface area contributed by atoms with Crippen molar-refractivity contribution in [3.8, 4) is 5.75 Å². The lowest BCUT2D eigenvalue weighted by molar-refractivity contribution is 0.0697.